The van der Waals surface area contributed by atoms with Crippen LogP contribution in [0.4, 0.5) is 13.2 Å². The number of carbonyl (C=O) groups excluding carboxylic acids is 1. The molecule has 0 radical (unpaired) electrons. The van der Waals surface area contributed by atoms with Crippen LogP contribution < -0.4 is 9.47 Å². The molecule has 0 N–H and O–H groups in total. The highest BCUT2D eigenvalue weighted by atomic mass is 19.2. The Balaban J connectivity index is 1.40. The van der Waals surface area contributed by atoms with Gasteiger partial charge in [0.15, 0.2) is 23.1 Å². The first-order valence-electron chi connectivity index (χ1n) is 11.2. The summed E-state index contributed by atoms with van der Waals surface area (Å²) in [7, 11) is 1.41. The molecule has 1 aliphatic rings. The van der Waals surface area contributed by atoms with Crippen LogP contribution in [0.25, 0.3) is 17.2 Å². The summed E-state index contributed by atoms with van der Waals surface area (Å²) >= 11 is 0. The van der Waals surface area contributed by atoms with E-state index in [2.05, 4.69) is 6.58 Å². The number of esters is 1. The van der Waals surface area contributed by atoms with Crippen LogP contribution >= 0.6 is 0 Å². The number of hydrogen-bond donors (Lipinski definition) is 0. The Kier molecular flexibility index (Phi) is 7.06. The largest absolute Gasteiger partial charge is 0.494 e. The van der Waals surface area contributed by atoms with E-state index < -0.39 is 35.1 Å². The summed E-state index contributed by atoms with van der Waals surface area (Å²) in [4.78, 5) is 12.6. The van der Waals surface area contributed by atoms with Gasteiger partial charge in [-0.2, -0.15) is 4.39 Å². The third kappa shape index (κ3) is 4.86. The Bertz CT molecular complexity index is 1200. The predicted octanol–water partition coefficient (Wildman–Crippen LogP) is 7.30. The van der Waals surface area contributed by atoms with Crippen LogP contribution in [0.3, 0.4) is 0 Å². The number of ether oxygens (including phenoxy) is 2. The summed E-state index contributed by atoms with van der Waals surface area (Å²) in [5.74, 6) is -3.80. The summed E-state index contributed by atoms with van der Waals surface area (Å²) in [6.07, 6.45) is 4.04. The first-order chi connectivity index (χ1) is 16.4. The Morgan fingerprint density at radius 1 is 0.912 bits per heavy atom. The van der Waals surface area contributed by atoms with Gasteiger partial charge in [-0.05, 0) is 72.6 Å². The zero-order valence-electron chi connectivity index (χ0n) is 18.8. The molecule has 3 aromatic rings. The lowest BCUT2D eigenvalue weighted by Crippen LogP contribution is -2.25. The van der Waals surface area contributed by atoms with Gasteiger partial charge in [-0.1, -0.05) is 43.0 Å². The SMILES string of the molecule is C=Cc1ccc(-c2ccc(OC(=O)C3CCC(c4ccc(OC)c(F)c4)CC3)c(F)c2F)cc1. The van der Waals surface area contributed by atoms with Crippen LogP contribution in [0.5, 0.6) is 11.5 Å². The van der Waals surface area contributed by atoms with Crippen LogP contribution in [-0.4, -0.2) is 13.1 Å². The molecule has 1 aliphatic carbocycles. The van der Waals surface area contributed by atoms with Crippen molar-refractivity contribution >= 4 is 12.0 Å². The van der Waals surface area contributed by atoms with Gasteiger partial charge in [-0.3, -0.25) is 4.79 Å². The molecule has 0 unspecified atom stereocenters. The molecule has 6 heteroatoms. The van der Waals surface area contributed by atoms with E-state index in [1.807, 2.05) is 6.07 Å². The van der Waals surface area contributed by atoms with Crippen molar-refractivity contribution in [3.8, 4) is 22.6 Å². The van der Waals surface area contributed by atoms with Crippen LogP contribution in [0.1, 0.15) is 42.7 Å². The highest BCUT2D eigenvalue weighted by molar-refractivity contribution is 5.76. The number of halogens is 3. The molecule has 3 aromatic carbocycles. The van der Waals surface area contributed by atoms with Crippen molar-refractivity contribution in [2.24, 2.45) is 5.92 Å². The summed E-state index contributed by atoms with van der Waals surface area (Å²) in [5, 5.41) is 0. The highest BCUT2D eigenvalue weighted by Crippen LogP contribution is 2.38. The lowest BCUT2D eigenvalue weighted by atomic mass is 9.78. The summed E-state index contributed by atoms with van der Waals surface area (Å²) in [6, 6.07) is 14.4. The number of rotatable bonds is 6. The minimum atomic E-state index is -1.19. The fourth-order valence-corrected chi connectivity index (χ4v) is 4.42. The Labute approximate surface area is 196 Å². The van der Waals surface area contributed by atoms with Gasteiger partial charge in [-0.15, -0.1) is 0 Å². The fraction of sp³-hybridized carbons (Fsp3) is 0.250. The fourth-order valence-electron chi connectivity index (χ4n) is 4.42. The third-order valence-electron chi connectivity index (χ3n) is 6.42. The minimum Gasteiger partial charge on any atom is -0.494 e. The van der Waals surface area contributed by atoms with E-state index in [0.717, 1.165) is 11.1 Å². The molecule has 4 rings (SSSR count). The second kappa shape index (κ2) is 10.2. The number of benzene rings is 3. The first-order valence-corrected chi connectivity index (χ1v) is 11.2. The maximum absolute atomic E-state index is 14.7. The number of carbonyl (C=O) groups is 1. The molecule has 1 saturated carbocycles. The van der Waals surface area contributed by atoms with Crippen LogP contribution in [0.2, 0.25) is 0 Å². The zero-order chi connectivity index (χ0) is 24.2. The van der Waals surface area contributed by atoms with E-state index in [0.29, 0.717) is 31.2 Å². The summed E-state index contributed by atoms with van der Waals surface area (Å²) in [5.41, 5.74) is 2.31. The maximum Gasteiger partial charge on any atom is 0.314 e. The predicted molar refractivity (Wildman–Crippen MR) is 125 cm³/mol. The lowest BCUT2D eigenvalue weighted by molar-refractivity contribution is -0.140. The van der Waals surface area contributed by atoms with Gasteiger partial charge < -0.3 is 9.47 Å². The highest BCUT2D eigenvalue weighted by Gasteiger charge is 2.30. The molecule has 1 fully saturated rings. The monoisotopic (exact) mass is 466 g/mol. The Morgan fingerprint density at radius 2 is 1.59 bits per heavy atom. The molecule has 3 nitrogen and oxygen atoms in total. The molecule has 0 aliphatic heterocycles. The smallest absolute Gasteiger partial charge is 0.314 e. The molecular formula is C28H25F3O3. The second-order valence-corrected chi connectivity index (χ2v) is 8.43. The molecule has 0 bridgehead atoms. The van der Waals surface area contributed by atoms with E-state index in [4.69, 9.17) is 9.47 Å². The second-order valence-electron chi connectivity index (χ2n) is 8.43. The van der Waals surface area contributed by atoms with Gasteiger partial charge in [0.05, 0.1) is 13.0 Å². The minimum absolute atomic E-state index is 0.0835. The van der Waals surface area contributed by atoms with Crippen molar-refractivity contribution < 1.29 is 27.4 Å². The first kappa shape index (κ1) is 23.6. The van der Waals surface area contributed by atoms with E-state index >= 15 is 0 Å². The zero-order valence-corrected chi connectivity index (χ0v) is 18.8. The van der Waals surface area contributed by atoms with Crippen molar-refractivity contribution in [2.75, 3.05) is 7.11 Å². The van der Waals surface area contributed by atoms with E-state index in [1.165, 1.54) is 25.3 Å². The molecule has 0 spiro atoms. The van der Waals surface area contributed by atoms with E-state index in [1.54, 1.807) is 36.4 Å². The van der Waals surface area contributed by atoms with Crippen molar-refractivity contribution in [2.45, 2.75) is 31.6 Å². The van der Waals surface area contributed by atoms with Crippen LogP contribution in [0.15, 0.2) is 61.2 Å². The molecule has 0 saturated heterocycles. The molecule has 0 amide bonds. The van der Waals surface area contributed by atoms with Crippen LogP contribution in [-0.2, 0) is 4.79 Å². The molecule has 0 heterocycles. The lowest BCUT2D eigenvalue weighted by Gasteiger charge is -2.27. The molecule has 34 heavy (non-hydrogen) atoms. The topological polar surface area (TPSA) is 35.5 Å². The van der Waals surface area contributed by atoms with Gasteiger partial charge in [0, 0.05) is 5.56 Å². The van der Waals surface area contributed by atoms with Crippen molar-refractivity contribution in [3.05, 3.63) is 89.8 Å². The van der Waals surface area contributed by atoms with Gasteiger partial charge in [-0.25, -0.2) is 8.78 Å². The standard InChI is InChI=1S/C28H25F3O3/c1-3-17-4-6-19(7-5-17)22-13-15-25(27(31)26(22)30)34-28(32)20-10-8-18(9-11-20)21-12-14-24(33-2)23(29)16-21/h3-7,12-16,18,20H,1,8-11H2,2H3. The van der Waals surface area contributed by atoms with Gasteiger partial charge in [0.2, 0.25) is 5.82 Å². The molecule has 0 aromatic heterocycles. The number of hydrogen-bond acceptors (Lipinski definition) is 3. The van der Waals surface area contributed by atoms with E-state index in [9.17, 15) is 18.0 Å². The average molecular weight is 466 g/mol. The van der Waals surface area contributed by atoms with Gasteiger partial charge in [0.25, 0.3) is 0 Å². The number of methoxy groups -OCH3 is 1. The van der Waals surface area contributed by atoms with Crippen LogP contribution in [0, 0.1) is 23.4 Å². The average Bonchev–Trinajstić information content (AvgIpc) is 2.87. The van der Waals surface area contributed by atoms with Crippen molar-refractivity contribution in [3.63, 3.8) is 0 Å². The quantitative estimate of drug-likeness (QED) is 0.282. The Hall–Kier alpha value is -3.54. The summed E-state index contributed by atoms with van der Waals surface area (Å²) in [6.45, 7) is 3.67. The van der Waals surface area contributed by atoms with Gasteiger partial charge in [0.1, 0.15) is 0 Å². The third-order valence-corrected chi connectivity index (χ3v) is 6.42. The Morgan fingerprint density at radius 3 is 2.21 bits per heavy atom. The van der Waals surface area contributed by atoms with Gasteiger partial charge >= 0.3 is 5.97 Å². The van der Waals surface area contributed by atoms with Crippen molar-refractivity contribution in [1.82, 2.24) is 0 Å². The maximum atomic E-state index is 14.7. The molecule has 0 atom stereocenters. The molecular weight excluding hydrogens is 441 g/mol. The molecule has 176 valence electrons. The van der Waals surface area contributed by atoms with E-state index in [-0.39, 0.29) is 17.2 Å². The normalized spacial score (nSPS) is 17.8. The summed E-state index contributed by atoms with van der Waals surface area (Å²) < 4.78 is 53.6. The van der Waals surface area contributed by atoms with Crippen molar-refractivity contribution in [1.29, 1.82) is 0 Å².